The topological polar surface area (TPSA) is 84.3 Å². The molecule has 3 aromatic rings. The van der Waals surface area contributed by atoms with Crippen molar-refractivity contribution in [2.75, 3.05) is 0 Å². The molecule has 1 aromatic carbocycles. The highest BCUT2D eigenvalue weighted by Gasteiger charge is 2.41. The number of aromatic nitrogens is 4. The van der Waals surface area contributed by atoms with Gasteiger partial charge in [-0.05, 0) is 28.4 Å². The Bertz CT molecular complexity index is 931. The fraction of sp³-hybridized carbons (Fsp3) is 0.312. The first-order chi connectivity index (χ1) is 11.3. The molecule has 114 valence electrons. The molecule has 2 atom stereocenters. The van der Waals surface area contributed by atoms with Crippen LogP contribution < -0.4 is 0 Å². The standard InChI is InChI=1S/C16H14N6O/c1-3-5-11-15(17-2)13(10-8-18-20-16(10)19-11)9-6-4-7-12-14(9)22-23-21-12/h4,6-8,13,15H,3,5H2,1H3,(H,18,20). The predicted molar refractivity (Wildman–Crippen MR) is 84.6 cm³/mol. The van der Waals surface area contributed by atoms with Crippen molar-refractivity contribution in [3.63, 3.8) is 0 Å². The van der Waals surface area contributed by atoms with Crippen LogP contribution in [0.25, 0.3) is 15.9 Å². The molecule has 0 fully saturated rings. The van der Waals surface area contributed by atoms with E-state index in [0.29, 0.717) is 11.0 Å². The lowest BCUT2D eigenvalue weighted by Crippen LogP contribution is -2.29. The number of aromatic amines is 1. The van der Waals surface area contributed by atoms with Gasteiger partial charge in [0, 0.05) is 5.56 Å². The Labute approximate surface area is 132 Å². The predicted octanol–water partition coefficient (Wildman–Crippen LogP) is 3.25. The van der Waals surface area contributed by atoms with E-state index in [1.54, 1.807) is 6.20 Å². The molecule has 7 heteroatoms. The summed E-state index contributed by atoms with van der Waals surface area (Å²) in [6, 6.07) is 5.37. The van der Waals surface area contributed by atoms with Crippen molar-refractivity contribution >= 4 is 22.6 Å². The van der Waals surface area contributed by atoms with Gasteiger partial charge in [0.05, 0.1) is 12.1 Å². The first kappa shape index (κ1) is 13.6. The SMILES string of the molecule is [C-]#[N+]C1C(CCC)=Nc2[nH]ncc2C1c1cccc2nonc12. The van der Waals surface area contributed by atoms with E-state index in [0.717, 1.165) is 35.5 Å². The Morgan fingerprint density at radius 2 is 2.22 bits per heavy atom. The molecule has 3 heterocycles. The summed E-state index contributed by atoms with van der Waals surface area (Å²) in [5, 5.41) is 15.0. The molecule has 0 radical (unpaired) electrons. The lowest BCUT2D eigenvalue weighted by atomic mass is 9.81. The number of nitrogens with one attached hydrogen (secondary N) is 1. The summed E-state index contributed by atoms with van der Waals surface area (Å²) >= 11 is 0. The second-order valence-electron chi connectivity index (χ2n) is 5.56. The third kappa shape index (κ3) is 2.03. The van der Waals surface area contributed by atoms with Gasteiger partial charge in [-0.25, -0.2) is 16.2 Å². The lowest BCUT2D eigenvalue weighted by Gasteiger charge is -2.23. The zero-order valence-corrected chi connectivity index (χ0v) is 12.5. The monoisotopic (exact) mass is 306 g/mol. The van der Waals surface area contributed by atoms with Crippen molar-refractivity contribution in [1.82, 2.24) is 20.5 Å². The molecule has 0 bridgehead atoms. The fourth-order valence-electron chi connectivity index (χ4n) is 3.20. The van der Waals surface area contributed by atoms with Gasteiger partial charge in [0.2, 0.25) is 0 Å². The summed E-state index contributed by atoms with van der Waals surface area (Å²) in [5.74, 6) is 0.558. The van der Waals surface area contributed by atoms with E-state index in [2.05, 4.69) is 37.3 Å². The molecule has 0 saturated carbocycles. The highest BCUT2D eigenvalue weighted by Crippen LogP contribution is 2.41. The molecule has 1 N–H and O–H groups in total. The van der Waals surface area contributed by atoms with Gasteiger partial charge in [-0.2, -0.15) is 5.10 Å². The second-order valence-corrected chi connectivity index (χ2v) is 5.56. The van der Waals surface area contributed by atoms with Crippen LogP contribution in [0.5, 0.6) is 0 Å². The van der Waals surface area contributed by atoms with E-state index in [9.17, 15) is 0 Å². The molecule has 2 aromatic heterocycles. The van der Waals surface area contributed by atoms with E-state index in [-0.39, 0.29) is 12.0 Å². The van der Waals surface area contributed by atoms with Crippen LogP contribution in [0.4, 0.5) is 5.82 Å². The van der Waals surface area contributed by atoms with Crippen molar-refractivity contribution < 1.29 is 4.63 Å². The number of aliphatic imine (C=N–C) groups is 1. The number of nitrogens with zero attached hydrogens (tertiary/aromatic N) is 5. The fourth-order valence-corrected chi connectivity index (χ4v) is 3.20. The minimum Gasteiger partial charge on any atom is -0.306 e. The van der Waals surface area contributed by atoms with Crippen molar-refractivity contribution in [3.05, 3.63) is 46.9 Å². The molecular formula is C16H14N6O. The van der Waals surface area contributed by atoms with E-state index < -0.39 is 0 Å². The van der Waals surface area contributed by atoms with Crippen LogP contribution in [-0.2, 0) is 0 Å². The molecule has 0 spiro atoms. The average Bonchev–Trinajstić information content (AvgIpc) is 3.22. The van der Waals surface area contributed by atoms with Crippen molar-refractivity contribution in [3.8, 4) is 0 Å². The zero-order chi connectivity index (χ0) is 15.8. The van der Waals surface area contributed by atoms with E-state index in [1.807, 2.05) is 18.2 Å². The third-order valence-electron chi connectivity index (χ3n) is 4.19. The molecule has 0 aliphatic carbocycles. The van der Waals surface area contributed by atoms with Crippen LogP contribution in [-0.4, -0.2) is 32.3 Å². The number of hydrogen-bond donors (Lipinski definition) is 1. The Balaban J connectivity index is 1.94. The summed E-state index contributed by atoms with van der Waals surface area (Å²) in [4.78, 5) is 8.49. The highest BCUT2D eigenvalue weighted by atomic mass is 16.6. The highest BCUT2D eigenvalue weighted by molar-refractivity contribution is 5.97. The van der Waals surface area contributed by atoms with E-state index >= 15 is 0 Å². The van der Waals surface area contributed by atoms with Gasteiger partial charge in [-0.3, -0.25) is 5.10 Å². The van der Waals surface area contributed by atoms with Crippen LogP contribution in [0.2, 0.25) is 0 Å². The second kappa shape index (κ2) is 5.32. The Kier molecular flexibility index (Phi) is 3.15. The maximum Gasteiger partial charge on any atom is 0.272 e. The quantitative estimate of drug-likeness (QED) is 0.753. The molecule has 0 amide bonds. The van der Waals surface area contributed by atoms with E-state index in [4.69, 9.17) is 11.2 Å². The Hall–Kier alpha value is -3.01. The zero-order valence-electron chi connectivity index (χ0n) is 12.5. The molecule has 2 unspecified atom stereocenters. The Morgan fingerprint density at radius 1 is 1.30 bits per heavy atom. The van der Waals surface area contributed by atoms with Crippen LogP contribution in [0.15, 0.2) is 34.0 Å². The molecule has 7 nitrogen and oxygen atoms in total. The van der Waals surface area contributed by atoms with Crippen LogP contribution in [0, 0.1) is 6.57 Å². The summed E-state index contributed by atoms with van der Waals surface area (Å²) in [5.41, 5.74) is 4.11. The molecule has 23 heavy (non-hydrogen) atoms. The third-order valence-corrected chi connectivity index (χ3v) is 4.19. The van der Waals surface area contributed by atoms with Gasteiger partial charge in [0.1, 0.15) is 16.7 Å². The summed E-state index contributed by atoms with van der Waals surface area (Å²) < 4.78 is 4.88. The van der Waals surface area contributed by atoms with Gasteiger partial charge in [0.25, 0.3) is 6.04 Å². The largest absolute Gasteiger partial charge is 0.306 e. The van der Waals surface area contributed by atoms with Gasteiger partial charge >= 0.3 is 0 Å². The maximum atomic E-state index is 7.71. The first-order valence-electron chi connectivity index (χ1n) is 7.52. The number of hydrogen-bond acceptors (Lipinski definition) is 5. The van der Waals surface area contributed by atoms with Crippen molar-refractivity contribution in [2.24, 2.45) is 4.99 Å². The van der Waals surface area contributed by atoms with Crippen LogP contribution in [0.1, 0.15) is 36.8 Å². The summed E-state index contributed by atoms with van der Waals surface area (Å²) in [6.45, 7) is 9.79. The van der Waals surface area contributed by atoms with Crippen LogP contribution in [0.3, 0.4) is 0 Å². The minimum atomic E-state index is -0.359. The smallest absolute Gasteiger partial charge is 0.272 e. The molecular weight excluding hydrogens is 292 g/mol. The maximum absolute atomic E-state index is 7.71. The summed E-state index contributed by atoms with van der Waals surface area (Å²) in [7, 11) is 0. The molecule has 1 aliphatic heterocycles. The van der Waals surface area contributed by atoms with Gasteiger partial charge in [0.15, 0.2) is 5.82 Å². The van der Waals surface area contributed by atoms with Gasteiger partial charge < -0.3 is 4.85 Å². The van der Waals surface area contributed by atoms with Crippen molar-refractivity contribution in [1.29, 1.82) is 0 Å². The first-order valence-corrected chi connectivity index (χ1v) is 7.52. The molecule has 4 rings (SSSR count). The molecule has 1 aliphatic rings. The van der Waals surface area contributed by atoms with E-state index in [1.165, 1.54) is 0 Å². The van der Waals surface area contributed by atoms with Crippen LogP contribution >= 0.6 is 0 Å². The average molecular weight is 306 g/mol. The Morgan fingerprint density at radius 3 is 3.04 bits per heavy atom. The van der Waals surface area contributed by atoms with Gasteiger partial charge in [-0.15, -0.1) is 0 Å². The summed E-state index contributed by atoms with van der Waals surface area (Å²) in [6.07, 6.45) is 3.47. The molecule has 0 saturated heterocycles. The number of benzene rings is 1. The normalized spacial score (nSPS) is 20.1. The van der Waals surface area contributed by atoms with Gasteiger partial charge in [-0.1, -0.05) is 25.5 Å². The van der Waals surface area contributed by atoms with Crippen molar-refractivity contribution in [2.45, 2.75) is 31.7 Å². The number of H-pyrrole nitrogens is 1. The lowest BCUT2D eigenvalue weighted by molar-refractivity contribution is 0.315. The minimum absolute atomic E-state index is 0.170. The number of fused-ring (bicyclic) bond motifs is 2. The number of rotatable bonds is 3.